The summed E-state index contributed by atoms with van der Waals surface area (Å²) in [6.45, 7) is 0. The average Bonchev–Trinajstić information content (AvgIpc) is 3.35. The topological polar surface area (TPSA) is 77.3 Å². The number of pyridine rings is 6. The van der Waals surface area contributed by atoms with Gasteiger partial charge in [0, 0.05) is 74.4 Å². The second-order valence-corrected chi connectivity index (χ2v) is 19.3. The molecule has 0 spiro atoms. The van der Waals surface area contributed by atoms with Gasteiger partial charge in [-0.05, 0) is 254 Å². The third-order valence-electron chi connectivity index (χ3n) is 16.1. The first-order valence-corrected chi connectivity index (χ1v) is 23.1. The van der Waals surface area contributed by atoms with Crippen molar-refractivity contribution in [2.24, 2.45) is 35.5 Å². The van der Waals surface area contributed by atoms with Crippen molar-refractivity contribution in [3.8, 4) is 0 Å². The molecule has 10 atom stereocenters. The van der Waals surface area contributed by atoms with E-state index in [9.17, 15) is 0 Å². The highest BCUT2D eigenvalue weighted by Gasteiger charge is 2.45. The zero-order valence-electron chi connectivity index (χ0n) is 35.0. The summed E-state index contributed by atoms with van der Waals surface area (Å²) in [7, 11) is 0. The van der Waals surface area contributed by atoms with Crippen molar-refractivity contribution in [3.05, 3.63) is 181 Å². The largest absolute Gasteiger partial charge is 0.265 e. The standard InChI is InChI=1S/C54H60N6/c1-13-55-14-2-37(1)43-25-44(38-3-15-56-16-4-38)28-49(27-43)51-31-47(41-9-21-59-22-10-41)33-53(35-51)54-34-48(42-11-23-60-24-12-42)32-52(36-54)50-29-45(39-5-17-57-18-6-39)26-46(30-50)40-7-19-58-20-8-40/h1-24,43-54H,25-36H2. The van der Waals surface area contributed by atoms with E-state index < -0.39 is 0 Å². The zero-order valence-corrected chi connectivity index (χ0v) is 35.0. The molecule has 6 nitrogen and oxygen atoms in total. The highest BCUT2D eigenvalue weighted by molar-refractivity contribution is 5.26. The first-order chi connectivity index (χ1) is 29.7. The van der Waals surface area contributed by atoms with E-state index in [4.69, 9.17) is 0 Å². The molecule has 6 heterocycles. The van der Waals surface area contributed by atoms with Crippen LogP contribution >= 0.6 is 0 Å². The summed E-state index contributed by atoms with van der Waals surface area (Å²) in [5.41, 5.74) is 8.85. The van der Waals surface area contributed by atoms with E-state index in [-0.39, 0.29) is 0 Å². The van der Waals surface area contributed by atoms with E-state index >= 15 is 0 Å². The summed E-state index contributed by atoms with van der Waals surface area (Å²) in [6, 6.07) is 27.6. The number of hydrogen-bond acceptors (Lipinski definition) is 6. The van der Waals surface area contributed by atoms with Crippen LogP contribution in [0.3, 0.4) is 0 Å². The Labute approximate surface area is 357 Å². The fourth-order valence-electron chi connectivity index (χ4n) is 13.3. The molecule has 0 aliphatic heterocycles. The lowest BCUT2D eigenvalue weighted by atomic mass is 9.56. The Kier molecular flexibility index (Phi) is 11.9. The molecule has 306 valence electrons. The maximum Gasteiger partial charge on any atom is 0.0270 e. The van der Waals surface area contributed by atoms with E-state index in [1.807, 2.05) is 74.4 Å². The van der Waals surface area contributed by atoms with Gasteiger partial charge in [0.1, 0.15) is 0 Å². The fraction of sp³-hybridized carbons (Fsp3) is 0.444. The third-order valence-corrected chi connectivity index (χ3v) is 16.1. The van der Waals surface area contributed by atoms with Gasteiger partial charge in [-0.25, -0.2) is 0 Å². The van der Waals surface area contributed by atoms with E-state index in [1.165, 1.54) is 110 Å². The van der Waals surface area contributed by atoms with Gasteiger partial charge in [-0.2, -0.15) is 0 Å². The minimum absolute atomic E-state index is 0.549. The number of aromatic nitrogens is 6. The van der Waals surface area contributed by atoms with Crippen molar-refractivity contribution in [1.82, 2.24) is 29.9 Å². The first-order valence-electron chi connectivity index (χ1n) is 23.1. The summed E-state index contributed by atoms with van der Waals surface area (Å²) in [6.07, 6.45) is 39.5. The number of rotatable bonds is 9. The number of nitrogens with zero attached hydrogens (tertiary/aromatic N) is 6. The molecule has 6 heteroatoms. The Morgan fingerprint density at radius 3 is 0.533 bits per heavy atom. The molecule has 4 fully saturated rings. The molecular weight excluding hydrogens is 733 g/mol. The van der Waals surface area contributed by atoms with Crippen molar-refractivity contribution in [3.63, 3.8) is 0 Å². The summed E-state index contributed by atoms with van der Waals surface area (Å²) in [5.74, 6) is 7.47. The quantitative estimate of drug-likeness (QED) is 0.145. The Morgan fingerprint density at radius 2 is 0.350 bits per heavy atom. The average molecular weight is 793 g/mol. The van der Waals surface area contributed by atoms with Gasteiger partial charge in [-0.15, -0.1) is 0 Å². The van der Waals surface area contributed by atoms with E-state index in [1.54, 1.807) is 0 Å². The van der Waals surface area contributed by atoms with Crippen LogP contribution in [0.5, 0.6) is 0 Å². The molecular formula is C54H60N6. The smallest absolute Gasteiger partial charge is 0.0270 e. The fourth-order valence-corrected chi connectivity index (χ4v) is 13.3. The van der Waals surface area contributed by atoms with Gasteiger partial charge in [-0.3, -0.25) is 29.9 Å². The van der Waals surface area contributed by atoms with Crippen LogP contribution in [0.15, 0.2) is 147 Å². The van der Waals surface area contributed by atoms with Crippen LogP contribution in [-0.2, 0) is 0 Å². The maximum absolute atomic E-state index is 4.48. The van der Waals surface area contributed by atoms with Gasteiger partial charge in [-0.1, -0.05) is 0 Å². The van der Waals surface area contributed by atoms with Gasteiger partial charge >= 0.3 is 0 Å². The van der Waals surface area contributed by atoms with Crippen molar-refractivity contribution in [1.29, 1.82) is 0 Å². The highest BCUT2D eigenvalue weighted by atomic mass is 14.6. The van der Waals surface area contributed by atoms with Crippen LogP contribution < -0.4 is 0 Å². The molecule has 0 saturated heterocycles. The molecule has 0 radical (unpaired) electrons. The summed E-state index contributed by atoms with van der Waals surface area (Å²) in [5, 5.41) is 0. The SMILES string of the molecule is c1cc(C2CC(c3ccncc3)CC(C3CC(c4ccncc4)CC(C4CC(c5ccncc5)CC(C5CC(c6ccncc6)CC(c6ccncc6)C5)C4)C3)C2)ccn1. The van der Waals surface area contributed by atoms with Gasteiger partial charge < -0.3 is 0 Å². The van der Waals surface area contributed by atoms with Crippen LogP contribution in [0, 0.1) is 35.5 Å². The van der Waals surface area contributed by atoms with E-state index in [0.29, 0.717) is 71.0 Å². The Bertz CT molecular complexity index is 1950. The van der Waals surface area contributed by atoms with Gasteiger partial charge in [0.2, 0.25) is 0 Å². The Balaban J connectivity index is 0.977. The molecule has 0 aromatic carbocycles. The predicted molar refractivity (Wildman–Crippen MR) is 238 cm³/mol. The van der Waals surface area contributed by atoms with E-state index in [0.717, 1.165) is 0 Å². The molecule has 60 heavy (non-hydrogen) atoms. The minimum Gasteiger partial charge on any atom is -0.265 e. The van der Waals surface area contributed by atoms with Crippen molar-refractivity contribution < 1.29 is 0 Å². The molecule has 4 aliphatic rings. The summed E-state index contributed by atoms with van der Waals surface area (Å²) in [4.78, 5) is 26.6. The van der Waals surface area contributed by atoms with Crippen LogP contribution in [-0.4, -0.2) is 29.9 Å². The van der Waals surface area contributed by atoms with Gasteiger partial charge in [0.15, 0.2) is 0 Å². The summed E-state index contributed by atoms with van der Waals surface area (Å²) >= 11 is 0. The molecule has 0 N–H and O–H groups in total. The molecule has 0 bridgehead atoms. The second-order valence-electron chi connectivity index (χ2n) is 19.3. The molecule has 4 aliphatic carbocycles. The third kappa shape index (κ3) is 8.85. The lowest BCUT2D eigenvalue weighted by Gasteiger charge is -2.49. The maximum atomic E-state index is 4.48. The van der Waals surface area contributed by atoms with Crippen LogP contribution in [0.4, 0.5) is 0 Å². The van der Waals surface area contributed by atoms with Crippen molar-refractivity contribution >= 4 is 0 Å². The van der Waals surface area contributed by atoms with Crippen LogP contribution in [0.1, 0.15) is 146 Å². The van der Waals surface area contributed by atoms with Gasteiger partial charge in [0.25, 0.3) is 0 Å². The lowest BCUT2D eigenvalue weighted by molar-refractivity contribution is 0.0533. The lowest BCUT2D eigenvalue weighted by Crippen LogP contribution is -2.38. The molecule has 6 aromatic rings. The minimum atomic E-state index is 0.549. The number of hydrogen-bond donors (Lipinski definition) is 0. The first kappa shape index (κ1) is 39.1. The monoisotopic (exact) mass is 792 g/mol. The van der Waals surface area contributed by atoms with Crippen LogP contribution in [0.2, 0.25) is 0 Å². The second kappa shape index (κ2) is 18.3. The van der Waals surface area contributed by atoms with Crippen molar-refractivity contribution in [2.75, 3.05) is 0 Å². The van der Waals surface area contributed by atoms with Crippen LogP contribution in [0.25, 0.3) is 0 Å². The van der Waals surface area contributed by atoms with Crippen molar-refractivity contribution in [2.45, 2.75) is 113 Å². The predicted octanol–water partition coefficient (Wildman–Crippen LogP) is 12.5. The van der Waals surface area contributed by atoms with E-state index in [2.05, 4.69) is 103 Å². The zero-order chi connectivity index (χ0) is 40.1. The normalized spacial score (nSPS) is 32.2. The molecule has 10 rings (SSSR count). The molecule has 10 unspecified atom stereocenters. The highest BCUT2D eigenvalue weighted by Crippen LogP contribution is 2.57. The molecule has 4 saturated carbocycles. The van der Waals surface area contributed by atoms with Gasteiger partial charge in [0.05, 0.1) is 0 Å². The molecule has 6 aromatic heterocycles. The summed E-state index contributed by atoms with van der Waals surface area (Å²) < 4.78 is 0. The Hall–Kier alpha value is -5.10. The molecule has 0 amide bonds. The Morgan fingerprint density at radius 1 is 0.200 bits per heavy atom.